The molecule has 0 fully saturated rings. The fraction of sp³-hybridized carbons (Fsp3) is 0.133. The average Bonchev–Trinajstić information content (AvgIpc) is 3.39. The number of hydrogen-bond acceptors (Lipinski definition) is 6. The Morgan fingerprint density at radius 3 is 2.35 bits per heavy atom. The highest BCUT2D eigenvalue weighted by atomic mass is 19.4. The minimum Gasteiger partial charge on any atom is -0.495 e. The van der Waals surface area contributed by atoms with E-state index in [4.69, 9.17) is 4.74 Å². The number of alkyl halides is 3. The number of carbonyl (C=O) groups excluding carboxylic acids is 2. The van der Waals surface area contributed by atoms with E-state index in [9.17, 15) is 27.2 Å². The third kappa shape index (κ3) is 7.44. The fourth-order valence-corrected chi connectivity index (χ4v) is 4.18. The quantitative estimate of drug-likeness (QED) is 0.188. The van der Waals surface area contributed by atoms with E-state index < -0.39 is 18.6 Å². The zero-order valence-corrected chi connectivity index (χ0v) is 22.6. The summed E-state index contributed by atoms with van der Waals surface area (Å²) in [7, 11) is 1.36. The van der Waals surface area contributed by atoms with Gasteiger partial charge in [0.15, 0.2) is 5.65 Å². The summed E-state index contributed by atoms with van der Waals surface area (Å²) in [5.74, 6) is -1.03. The molecule has 0 radical (unpaired) electrons. The lowest BCUT2D eigenvalue weighted by molar-refractivity contribution is -0.123. The highest BCUT2D eigenvalue weighted by molar-refractivity contribution is 5.95. The van der Waals surface area contributed by atoms with Crippen LogP contribution >= 0.6 is 0 Å². The summed E-state index contributed by atoms with van der Waals surface area (Å²) >= 11 is 0. The Morgan fingerprint density at radius 1 is 0.930 bits per heavy atom. The molecule has 3 N–H and O–H groups in total. The van der Waals surface area contributed by atoms with E-state index in [1.807, 2.05) is 23.5 Å². The molecule has 220 valence electrons. The van der Waals surface area contributed by atoms with E-state index >= 15 is 0 Å². The van der Waals surface area contributed by atoms with Crippen LogP contribution in [-0.4, -0.2) is 46.2 Å². The molecule has 0 aliphatic carbocycles. The SMILES string of the molecule is COc1cc(C(=O)NCC(F)(F)F)ccc1Nc1nc2ccc(-c3ccc(NC(=O)Cc4ccc(F)cc4)cc3)cn2n1. The van der Waals surface area contributed by atoms with Gasteiger partial charge in [0.25, 0.3) is 5.91 Å². The second-order valence-electron chi connectivity index (χ2n) is 9.42. The number of anilines is 3. The molecule has 3 aromatic carbocycles. The first kappa shape index (κ1) is 29.0. The lowest BCUT2D eigenvalue weighted by atomic mass is 10.1. The molecule has 0 aliphatic heterocycles. The first-order valence-corrected chi connectivity index (χ1v) is 12.9. The minimum absolute atomic E-state index is 0.00212. The Morgan fingerprint density at radius 2 is 1.65 bits per heavy atom. The van der Waals surface area contributed by atoms with Gasteiger partial charge < -0.3 is 20.7 Å². The minimum atomic E-state index is -4.52. The Hall–Kier alpha value is -5.46. The number of pyridine rings is 1. The van der Waals surface area contributed by atoms with E-state index in [1.165, 1.54) is 37.4 Å². The van der Waals surface area contributed by atoms with Crippen LogP contribution < -0.4 is 20.7 Å². The molecule has 13 heteroatoms. The Balaban J connectivity index is 1.25. The number of nitrogens with zero attached hydrogens (tertiary/aromatic N) is 3. The molecule has 0 unspecified atom stereocenters. The van der Waals surface area contributed by atoms with Crippen molar-refractivity contribution in [2.45, 2.75) is 12.6 Å². The van der Waals surface area contributed by atoms with Gasteiger partial charge in [0.2, 0.25) is 11.9 Å². The normalized spacial score (nSPS) is 11.3. The second-order valence-corrected chi connectivity index (χ2v) is 9.42. The molecule has 2 aromatic heterocycles. The Kier molecular flexibility index (Phi) is 8.23. The van der Waals surface area contributed by atoms with E-state index in [1.54, 1.807) is 41.0 Å². The number of aromatic nitrogens is 3. The summed E-state index contributed by atoms with van der Waals surface area (Å²) in [6.45, 7) is -1.44. The van der Waals surface area contributed by atoms with E-state index in [-0.39, 0.29) is 35.4 Å². The van der Waals surface area contributed by atoms with Crippen LogP contribution in [0.1, 0.15) is 15.9 Å². The number of hydrogen-bond donors (Lipinski definition) is 3. The Bertz CT molecular complexity index is 1770. The molecular formula is C30H24F4N6O3. The van der Waals surface area contributed by atoms with E-state index in [0.29, 0.717) is 22.6 Å². The van der Waals surface area contributed by atoms with Gasteiger partial charge in [-0.1, -0.05) is 24.3 Å². The van der Waals surface area contributed by atoms with Crippen molar-refractivity contribution in [3.05, 3.63) is 102 Å². The first-order chi connectivity index (χ1) is 20.6. The van der Waals surface area contributed by atoms with Crippen molar-refractivity contribution < 1.29 is 31.9 Å². The lowest BCUT2D eigenvalue weighted by Gasteiger charge is -2.12. The summed E-state index contributed by atoms with van der Waals surface area (Å²) in [6.07, 6.45) is -2.63. The molecule has 9 nitrogen and oxygen atoms in total. The van der Waals surface area contributed by atoms with Gasteiger partial charge in [-0.2, -0.15) is 18.2 Å². The van der Waals surface area contributed by atoms with Crippen LogP contribution in [0.15, 0.2) is 85.1 Å². The number of ether oxygens (including phenoxy) is 1. The van der Waals surface area contributed by atoms with Gasteiger partial charge in [-0.05, 0) is 65.7 Å². The van der Waals surface area contributed by atoms with Gasteiger partial charge in [-0.3, -0.25) is 9.59 Å². The van der Waals surface area contributed by atoms with E-state index in [0.717, 1.165) is 11.1 Å². The van der Waals surface area contributed by atoms with Crippen LogP contribution in [0.25, 0.3) is 16.8 Å². The van der Waals surface area contributed by atoms with Crippen molar-refractivity contribution in [2.75, 3.05) is 24.3 Å². The van der Waals surface area contributed by atoms with Crippen molar-refractivity contribution in [3.63, 3.8) is 0 Å². The average molecular weight is 593 g/mol. The van der Waals surface area contributed by atoms with Crippen molar-refractivity contribution in [3.8, 4) is 16.9 Å². The van der Waals surface area contributed by atoms with Crippen LogP contribution in [-0.2, 0) is 11.2 Å². The molecule has 2 amide bonds. The molecular weight excluding hydrogens is 568 g/mol. The monoisotopic (exact) mass is 592 g/mol. The summed E-state index contributed by atoms with van der Waals surface area (Å²) in [5.41, 5.74) is 3.96. The maximum Gasteiger partial charge on any atom is 0.405 e. The van der Waals surface area contributed by atoms with Gasteiger partial charge in [0.1, 0.15) is 18.1 Å². The molecule has 0 saturated heterocycles. The molecule has 2 heterocycles. The third-order valence-corrected chi connectivity index (χ3v) is 6.27. The van der Waals surface area contributed by atoms with Crippen LogP contribution in [0.3, 0.4) is 0 Å². The van der Waals surface area contributed by atoms with Crippen molar-refractivity contribution in [1.82, 2.24) is 19.9 Å². The molecule has 43 heavy (non-hydrogen) atoms. The molecule has 5 rings (SSSR count). The summed E-state index contributed by atoms with van der Waals surface area (Å²) in [5, 5.41) is 12.1. The third-order valence-electron chi connectivity index (χ3n) is 6.27. The van der Waals surface area contributed by atoms with Gasteiger partial charge >= 0.3 is 6.18 Å². The fourth-order valence-electron chi connectivity index (χ4n) is 4.18. The molecule has 0 spiro atoms. The zero-order chi connectivity index (χ0) is 30.6. The van der Waals surface area contributed by atoms with Gasteiger partial charge in [0, 0.05) is 23.0 Å². The topological polar surface area (TPSA) is 110 Å². The van der Waals surface area contributed by atoms with Crippen LogP contribution in [0, 0.1) is 5.82 Å². The number of rotatable bonds is 9. The number of carbonyl (C=O) groups is 2. The van der Waals surface area contributed by atoms with Crippen LogP contribution in [0.4, 0.5) is 34.9 Å². The lowest BCUT2D eigenvalue weighted by Crippen LogP contribution is -2.33. The highest BCUT2D eigenvalue weighted by Crippen LogP contribution is 2.29. The number of nitrogens with one attached hydrogen (secondary N) is 3. The zero-order valence-electron chi connectivity index (χ0n) is 22.6. The summed E-state index contributed by atoms with van der Waals surface area (Å²) in [6, 6.07) is 20.8. The summed E-state index contributed by atoms with van der Waals surface area (Å²) < 4.78 is 57.3. The molecule has 0 bridgehead atoms. The number of methoxy groups -OCH3 is 1. The van der Waals surface area contributed by atoms with Crippen molar-refractivity contribution in [1.29, 1.82) is 0 Å². The largest absolute Gasteiger partial charge is 0.495 e. The van der Waals surface area contributed by atoms with Crippen molar-refractivity contribution >= 4 is 34.8 Å². The van der Waals surface area contributed by atoms with Crippen molar-refractivity contribution in [2.24, 2.45) is 0 Å². The first-order valence-electron chi connectivity index (χ1n) is 12.9. The number of halogens is 4. The standard InChI is InChI=1S/C30H24F4N6O3/c1-43-25-15-20(28(42)35-17-30(32,33)34)6-12-24(25)37-29-38-26-13-7-21(16-40(26)39-29)19-4-10-23(11-5-19)36-27(41)14-18-2-8-22(31)9-3-18/h2-13,15-16H,14,17H2,1H3,(H,35,42)(H,36,41)(H,37,39). The Labute approximate surface area is 242 Å². The molecule has 5 aromatic rings. The number of benzene rings is 3. The molecule has 0 aliphatic rings. The summed E-state index contributed by atoms with van der Waals surface area (Å²) in [4.78, 5) is 28.9. The predicted octanol–water partition coefficient (Wildman–Crippen LogP) is 5.76. The van der Waals surface area contributed by atoms with Gasteiger partial charge in [-0.15, -0.1) is 5.10 Å². The van der Waals surface area contributed by atoms with Gasteiger partial charge in [-0.25, -0.2) is 8.91 Å². The van der Waals surface area contributed by atoms with E-state index in [2.05, 4.69) is 20.7 Å². The van der Waals surface area contributed by atoms with Crippen LogP contribution in [0.2, 0.25) is 0 Å². The predicted molar refractivity (Wildman–Crippen MR) is 152 cm³/mol. The number of fused-ring (bicyclic) bond motifs is 1. The molecule has 0 saturated carbocycles. The maximum absolute atomic E-state index is 13.1. The number of amides is 2. The van der Waals surface area contributed by atoms with Gasteiger partial charge in [0.05, 0.1) is 19.2 Å². The second kappa shape index (κ2) is 12.2. The molecule has 0 atom stereocenters. The smallest absolute Gasteiger partial charge is 0.405 e. The maximum atomic E-state index is 13.1. The van der Waals surface area contributed by atoms with Crippen LogP contribution in [0.5, 0.6) is 5.75 Å². The highest BCUT2D eigenvalue weighted by Gasteiger charge is 2.28.